The summed E-state index contributed by atoms with van der Waals surface area (Å²) >= 11 is 0. The van der Waals surface area contributed by atoms with E-state index in [-0.39, 0.29) is 0 Å². The van der Waals surface area contributed by atoms with Crippen molar-refractivity contribution in [1.29, 1.82) is 0 Å². The molecule has 2 aromatic carbocycles. The van der Waals surface area contributed by atoms with Crippen molar-refractivity contribution in [2.45, 2.75) is 33.4 Å². The van der Waals surface area contributed by atoms with Gasteiger partial charge in [0.1, 0.15) is 0 Å². The first-order chi connectivity index (χ1) is 10.1. The molecule has 0 radical (unpaired) electrons. The number of hydrogen-bond acceptors (Lipinski definition) is 1. The van der Waals surface area contributed by atoms with Gasteiger partial charge in [0.25, 0.3) is 0 Å². The largest absolute Gasteiger partial charge is 0.361 e. The van der Waals surface area contributed by atoms with E-state index in [1.807, 2.05) is 6.20 Å². The molecule has 2 heteroatoms. The maximum Gasteiger partial charge on any atom is 0.0457 e. The lowest BCUT2D eigenvalue weighted by molar-refractivity contribution is 0.573. The molecule has 0 saturated heterocycles. The summed E-state index contributed by atoms with van der Waals surface area (Å²) in [5.41, 5.74) is 6.59. The Morgan fingerprint density at radius 2 is 1.95 bits per heavy atom. The molecule has 21 heavy (non-hydrogen) atoms. The SMILES string of the molecule is Cc1ccc(C)c(C(C)NCc2cccc3[nH]ccc23)c1. The van der Waals surface area contributed by atoms with E-state index in [0.29, 0.717) is 6.04 Å². The predicted octanol–water partition coefficient (Wildman–Crippen LogP) is 4.64. The number of rotatable bonds is 4. The molecule has 0 fully saturated rings. The predicted molar refractivity (Wildman–Crippen MR) is 89.5 cm³/mol. The Labute approximate surface area is 126 Å². The molecule has 0 amide bonds. The fourth-order valence-electron chi connectivity index (χ4n) is 2.90. The van der Waals surface area contributed by atoms with Gasteiger partial charge in [0.2, 0.25) is 0 Å². The van der Waals surface area contributed by atoms with Gasteiger partial charge in [0.15, 0.2) is 0 Å². The van der Waals surface area contributed by atoms with Gasteiger partial charge in [0.05, 0.1) is 0 Å². The third-order valence-electron chi connectivity index (χ3n) is 4.19. The van der Waals surface area contributed by atoms with E-state index in [2.05, 4.69) is 73.5 Å². The van der Waals surface area contributed by atoms with Crippen LogP contribution in [-0.4, -0.2) is 4.98 Å². The van der Waals surface area contributed by atoms with Crippen LogP contribution in [0.1, 0.15) is 35.2 Å². The zero-order valence-corrected chi connectivity index (χ0v) is 12.9. The van der Waals surface area contributed by atoms with E-state index in [4.69, 9.17) is 0 Å². The van der Waals surface area contributed by atoms with E-state index in [1.165, 1.54) is 33.2 Å². The number of H-pyrrole nitrogens is 1. The number of benzene rings is 2. The van der Waals surface area contributed by atoms with Crippen LogP contribution in [0.25, 0.3) is 10.9 Å². The lowest BCUT2D eigenvalue weighted by Crippen LogP contribution is -2.19. The van der Waals surface area contributed by atoms with Gasteiger partial charge >= 0.3 is 0 Å². The molecule has 0 aliphatic carbocycles. The van der Waals surface area contributed by atoms with E-state index in [9.17, 15) is 0 Å². The standard InChI is InChI=1S/C19H22N2/c1-13-7-8-14(2)18(11-13)15(3)21-12-16-5-4-6-19-17(16)9-10-20-19/h4-11,15,20-21H,12H2,1-3H3. The van der Waals surface area contributed by atoms with Crippen LogP contribution in [0.15, 0.2) is 48.7 Å². The Morgan fingerprint density at radius 3 is 2.81 bits per heavy atom. The lowest BCUT2D eigenvalue weighted by atomic mass is 9.99. The zero-order valence-electron chi connectivity index (χ0n) is 12.9. The fraction of sp³-hybridized carbons (Fsp3) is 0.263. The molecule has 3 rings (SSSR count). The van der Waals surface area contributed by atoms with Crippen LogP contribution in [0.4, 0.5) is 0 Å². The molecule has 0 aliphatic heterocycles. The van der Waals surface area contributed by atoms with Crippen molar-refractivity contribution in [1.82, 2.24) is 10.3 Å². The zero-order chi connectivity index (χ0) is 14.8. The maximum absolute atomic E-state index is 3.65. The van der Waals surface area contributed by atoms with Crippen LogP contribution in [0.5, 0.6) is 0 Å². The third-order valence-corrected chi connectivity index (χ3v) is 4.19. The van der Waals surface area contributed by atoms with Gasteiger partial charge in [-0.3, -0.25) is 0 Å². The van der Waals surface area contributed by atoms with Crippen LogP contribution >= 0.6 is 0 Å². The van der Waals surface area contributed by atoms with E-state index >= 15 is 0 Å². The van der Waals surface area contributed by atoms with E-state index in [0.717, 1.165) is 6.54 Å². The highest BCUT2D eigenvalue weighted by atomic mass is 14.9. The molecule has 1 aromatic heterocycles. The average Bonchev–Trinajstić information content (AvgIpc) is 2.96. The van der Waals surface area contributed by atoms with E-state index < -0.39 is 0 Å². The maximum atomic E-state index is 3.65. The molecule has 0 saturated carbocycles. The second-order valence-electron chi connectivity index (χ2n) is 5.82. The Balaban J connectivity index is 1.78. The Morgan fingerprint density at radius 1 is 1.10 bits per heavy atom. The third kappa shape index (κ3) is 2.86. The number of hydrogen-bond donors (Lipinski definition) is 2. The molecule has 0 aliphatic rings. The van der Waals surface area contributed by atoms with Crippen LogP contribution < -0.4 is 5.32 Å². The first-order valence-corrected chi connectivity index (χ1v) is 7.50. The molecular formula is C19H22N2. The van der Waals surface area contributed by atoms with Crippen LogP contribution in [0.2, 0.25) is 0 Å². The highest BCUT2D eigenvalue weighted by Crippen LogP contribution is 2.21. The number of aromatic nitrogens is 1. The highest BCUT2D eigenvalue weighted by molar-refractivity contribution is 5.82. The van der Waals surface area contributed by atoms with Crippen molar-refractivity contribution < 1.29 is 0 Å². The molecule has 0 bridgehead atoms. The van der Waals surface area contributed by atoms with Gasteiger partial charge < -0.3 is 10.3 Å². The summed E-state index contributed by atoms with van der Waals surface area (Å²) in [7, 11) is 0. The average molecular weight is 278 g/mol. The first-order valence-electron chi connectivity index (χ1n) is 7.50. The number of nitrogens with one attached hydrogen (secondary N) is 2. The lowest BCUT2D eigenvalue weighted by Gasteiger charge is -2.18. The smallest absolute Gasteiger partial charge is 0.0457 e. The fourth-order valence-corrected chi connectivity index (χ4v) is 2.90. The molecular weight excluding hydrogens is 256 g/mol. The van der Waals surface area contributed by atoms with Crippen molar-refractivity contribution in [3.63, 3.8) is 0 Å². The summed E-state index contributed by atoms with van der Waals surface area (Å²) in [6.45, 7) is 7.44. The second kappa shape index (κ2) is 5.74. The molecule has 1 atom stereocenters. The Kier molecular flexibility index (Phi) is 3.80. The highest BCUT2D eigenvalue weighted by Gasteiger charge is 2.09. The molecule has 1 heterocycles. The van der Waals surface area contributed by atoms with Crippen LogP contribution in [0, 0.1) is 13.8 Å². The second-order valence-corrected chi connectivity index (χ2v) is 5.82. The minimum absolute atomic E-state index is 0.346. The normalized spacial score (nSPS) is 12.7. The Bertz CT molecular complexity index is 755. The molecule has 2 N–H and O–H groups in total. The molecule has 3 aromatic rings. The number of aryl methyl sites for hydroxylation is 2. The summed E-state index contributed by atoms with van der Waals surface area (Å²) < 4.78 is 0. The van der Waals surface area contributed by atoms with Crippen molar-refractivity contribution in [2.24, 2.45) is 0 Å². The summed E-state index contributed by atoms with van der Waals surface area (Å²) in [4.78, 5) is 3.27. The van der Waals surface area contributed by atoms with Gasteiger partial charge in [-0.05, 0) is 49.6 Å². The summed E-state index contributed by atoms with van der Waals surface area (Å²) in [6.07, 6.45) is 2.00. The summed E-state index contributed by atoms with van der Waals surface area (Å²) in [6, 6.07) is 15.6. The van der Waals surface area contributed by atoms with Crippen LogP contribution in [-0.2, 0) is 6.54 Å². The minimum Gasteiger partial charge on any atom is -0.361 e. The monoisotopic (exact) mass is 278 g/mol. The number of fused-ring (bicyclic) bond motifs is 1. The van der Waals surface area contributed by atoms with Crippen LogP contribution in [0.3, 0.4) is 0 Å². The van der Waals surface area contributed by atoms with Crippen molar-refractivity contribution >= 4 is 10.9 Å². The molecule has 1 unspecified atom stereocenters. The molecule has 108 valence electrons. The van der Waals surface area contributed by atoms with Crippen molar-refractivity contribution in [3.8, 4) is 0 Å². The van der Waals surface area contributed by atoms with Gasteiger partial charge in [-0.25, -0.2) is 0 Å². The van der Waals surface area contributed by atoms with Crippen molar-refractivity contribution in [3.05, 3.63) is 70.9 Å². The van der Waals surface area contributed by atoms with Gasteiger partial charge in [-0.15, -0.1) is 0 Å². The topological polar surface area (TPSA) is 27.8 Å². The van der Waals surface area contributed by atoms with Gasteiger partial charge in [0, 0.05) is 29.7 Å². The summed E-state index contributed by atoms with van der Waals surface area (Å²) in [5, 5.41) is 4.96. The Hall–Kier alpha value is -2.06. The van der Waals surface area contributed by atoms with Crippen molar-refractivity contribution in [2.75, 3.05) is 0 Å². The van der Waals surface area contributed by atoms with Gasteiger partial charge in [-0.1, -0.05) is 35.9 Å². The molecule has 2 nitrogen and oxygen atoms in total. The quantitative estimate of drug-likeness (QED) is 0.715. The number of aromatic amines is 1. The van der Waals surface area contributed by atoms with Gasteiger partial charge in [-0.2, -0.15) is 0 Å². The molecule has 0 spiro atoms. The van der Waals surface area contributed by atoms with E-state index in [1.54, 1.807) is 0 Å². The first kappa shape index (κ1) is 13.9. The summed E-state index contributed by atoms with van der Waals surface area (Å²) in [5.74, 6) is 0. The minimum atomic E-state index is 0.346.